The summed E-state index contributed by atoms with van der Waals surface area (Å²) in [5.41, 5.74) is 2.56. The van der Waals surface area contributed by atoms with Gasteiger partial charge in [0.05, 0.1) is 23.5 Å². The number of hydrogen-bond donors (Lipinski definition) is 2. The van der Waals surface area contributed by atoms with Crippen LogP contribution in [0.3, 0.4) is 0 Å². The highest BCUT2D eigenvalue weighted by molar-refractivity contribution is 6.31. The Morgan fingerprint density at radius 1 is 1.27 bits per heavy atom. The first-order valence-electron chi connectivity index (χ1n) is 7.92. The Hall–Kier alpha value is -3.19. The van der Waals surface area contributed by atoms with Gasteiger partial charge in [-0.15, -0.1) is 0 Å². The first-order chi connectivity index (χ1) is 12.6. The zero-order chi connectivity index (χ0) is 18.1. The van der Waals surface area contributed by atoms with Gasteiger partial charge in [0.25, 0.3) is 5.56 Å². The molecule has 130 valence electrons. The number of nitrogens with zero attached hydrogens (tertiary/aromatic N) is 3. The van der Waals surface area contributed by atoms with Crippen LogP contribution in [0.5, 0.6) is 0 Å². The van der Waals surface area contributed by atoms with Crippen LogP contribution in [0.2, 0.25) is 5.02 Å². The highest BCUT2D eigenvalue weighted by atomic mass is 35.5. The molecule has 3 heterocycles. The van der Waals surface area contributed by atoms with Gasteiger partial charge < -0.3 is 14.8 Å². The maximum absolute atomic E-state index is 12.4. The van der Waals surface area contributed by atoms with Crippen LogP contribution < -0.4 is 10.9 Å². The van der Waals surface area contributed by atoms with Crippen molar-refractivity contribution in [2.24, 2.45) is 0 Å². The summed E-state index contributed by atoms with van der Waals surface area (Å²) in [7, 11) is 0. The van der Waals surface area contributed by atoms with Gasteiger partial charge in [0.15, 0.2) is 0 Å². The van der Waals surface area contributed by atoms with E-state index in [9.17, 15) is 4.79 Å². The van der Waals surface area contributed by atoms with Crippen molar-refractivity contribution in [3.63, 3.8) is 0 Å². The number of H-pyrrole nitrogens is 1. The van der Waals surface area contributed by atoms with Crippen molar-refractivity contribution in [2.75, 3.05) is 5.32 Å². The van der Waals surface area contributed by atoms with Gasteiger partial charge in [-0.2, -0.15) is 0 Å². The van der Waals surface area contributed by atoms with Gasteiger partial charge in [0.1, 0.15) is 6.26 Å². The van der Waals surface area contributed by atoms with Crippen LogP contribution in [-0.2, 0) is 0 Å². The molecule has 4 aromatic rings. The highest BCUT2D eigenvalue weighted by Crippen LogP contribution is 2.22. The monoisotopic (exact) mass is 367 g/mol. The molecule has 0 saturated carbocycles. The van der Waals surface area contributed by atoms with Crippen LogP contribution >= 0.6 is 11.6 Å². The van der Waals surface area contributed by atoms with E-state index in [0.717, 1.165) is 16.5 Å². The molecule has 0 spiro atoms. The van der Waals surface area contributed by atoms with Crippen molar-refractivity contribution in [1.29, 1.82) is 0 Å². The molecule has 1 atom stereocenters. The van der Waals surface area contributed by atoms with Crippen LogP contribution in [0.1, 0.15) is 18.5 Å². The summed E-state index contributed by atoms with van der Waals surface area (Å²) in [5, 5.41) is 8.30. The van der Waals surface area contributed by atoms with E-state index in [1.54, 1.807) is 30.6 Å². The van der Waals surface area contributed by atoms with Crippen LogP contribution in [0.4, 0.5) is 5.95 Å². The first-order valence-corrected chi connectivity index (χ1v) is 8.30. The maximum Gasteiger partial charge on any atom is 0.253 e. The topological polar surface area (TPSA) is 96.7 Å². The standard InChI is InChI=1S/C18H14ClN5O2/c1-10(14-7-11-6-13(19)2-3-15(11)23-17(14)25)22-18-20-5-4-16(24-18)12-8-21-26-9-12/h2-10H,1H3,(H,23,25)(H,20,22,24). The Morgan fingerprint density at radius 3 is 2.96 bits per heavy atom. The van der Waals surface area contributed by atoms with E-state index in [-0.39, 0.29) is 11.6 Å². The SMILES string of the molecule is CC(Nc1nccc(-c2cnoc2)n1)c1cc2cc(Cl)ccc2[nH]c1=O. The number of aromatic nitrogens is 4. The fourth-order valence-corrected chi connectivity index (χ4v) is 2.89. The average molecular weight is 368 g/mol. The van der Waals surface area contributed by atoms with E-state index in [1.165, 1.54) is 6.26 Å². The zero-order valence-corrected chi connectivity index (χ0v) is 14.5. The van der Waals surface area contributed by atoms with E-state index in [2.05, 4.69) is 25.4 Å². The van der Waals surface area contributed by atoms with Gasteiger partial charge in [0, 0.05) is 27.7 Å². The van der Waals surface area contributed by atoms with E-state index < -0.39 is 0 Å². The summed E-state index contributed by atoms with van der Waals surface area (Å²) in [6.45, 7) is 1.87. The molecule has 0 aliphatic rings. The molecule has 0 fully saturated rings. The Kier molecular flexibility index (Phi) is 4.14. The van der Waals surface area contributed by atoms with E-state index in [1.807, 2.05) is 19.1 Å². The molecule has 26 heavy (non-hydrogen) atoms. The third-order valence-corrected chi connectivity index (χ3v) is 4.27. The molecule has 7 nitrogen and oxygen atoms in total. The second-order valence-electron chi connectivity index (χ2n) is 5.83. The minimum absolute atomic E-state index is 0.171. The van der Waals surface area contributed by atoms with Gasteiger partial charge in [-0.3, -0.25) is 4.79 Å². The Balaban J connectivity index is 1.65. The number of benzene rings is 1. The summed E-state index contributed by atoms with van der Waals surface area (Å²) in [6.07, 6.45) is 4.72. The van der Waals surface area contributed by atoms with E-state index in [0.29, 0.717) is 22.2 Å². The van der Waals surface area contributed by atoms with Crippen molar-refractivity contribution in [2.45, 2.75) is 13.0 Å². The molecular weight excluding hydrogens is 354 g/mol. The quantitative estimate of drug-likeness (QED) is 0.569. The summed E-state index contributed by atoms with van der Waals surface area (Å²) in [5.74, 6) is 0.404. The van der Waals surface area contributed by atoms with Gasteiger partial charge >= 0.3 is 0 Å². The lowest BCUT2D eigenvalue weighted by molar-refractivity contribution is 0.420. The summed E-state index contributed by atoms with van der Waals surface area (Å²) in [6, 6.07) is 8.61. The smallest absolute Gasteiger partial charge is 0.253 e. The zero-order valence-electron chi connectivity index (χ0n) is 13.7. The Bertz CT molecular complexity index is 1120. The first kappa shape index (κ1) is 16.3. The molecule has 0 aliphatic heterocycles. The molecule has 1 aromatic carbocycles. The molecule has 4 rings (SSSR count). The van der Waals surface area contributed by atoms with Crippen LogP contribution in [-0.4, -0.2) is 20.1 Å². The fraction of sp³-hybridized carbons (Fsp3) is 0.111. The maximum atomic E-state index is 12.4. The fourth-order valence-electron chi connectivity index (χ4n) is 2.71. The number of halogens is 1. The number of hydrogen-bond acceptors (Lipinski definition) is 6. The summed E-state index contributed by atoms with van der Waals surface area (Å²) >= 11 is 6.05. The Labute approximate surface area is 153 Å². The lowest BCUT2D eigenvalue weighted by Gasteiger charge is -2.14. The largest absolute Gasteiger partial charge is 0.364 e. The molecule has 8 heteroatoms. The minimum atomic E-state index is -0.306. The summed E-state index contributed by atoms with van der Waals surface area (Å²) in [4.78, 5) is 23.9. The Morgan fingerprint density at radius 2 is 2.15 bits per heavy atom. The molecule has 0 radical (unpaired) electrons. The predicted octanol–water partition coefficient (Wildman–Crippen LogP) is 3.80. The van der Waals surface area contributed by atoms with Crippen molar-refractivity contribution in [1.82, 2.24) is 20.1 Å². The second-order valence-corrected chi connectivity index (χ2v) is 6.27. The van der Waals surface area contributed by atoms with Crippen LogP contribution in [0.25, 0.3) is 22.2 Å². The number of anilines is 1. The molecule has 3 aromatic heterocycles. The number of rotatable bonds is 4. The lowest BCUT2D eigenvalue weighted by Crippen LogP contribution is -2.20. The average Bonchev–Trinajstić information content (AvgIpc) is 3.16. The van der Waals surface area contributed by atoms with Gasteiger partial charge in [-0.05, 0) is 37.3 Å². The highest BCUT2D eigenvalue weighted by Gasteiger charge is 2.13. The van der Waals surface area contributed by atoms with Gasteiger partial charge in [0.2, 0.25) is 5.95 Å². The van der Waals surface area contributed by atoms with Crippen molar-refractivity contribution in [3.8, 4) is 11.3 Å². The molecule has 2 N–H and O–H groups in total. The van der Waals surface area contributed by atoms with Crippen molar-refractivity contribution in [3.05, 3.63) is 69.9 Å². The molecule has 0 bridgehead atoms. The normalized spacial score (nSPS) is 12.2. The molecule has 0 aliphatic carbocycles. The van der Waals surface area contributed by atoms with Crippen molar-refractivity contribution >= 4 is 28.5 Å². The van der Waals surface area contributed by atoms with E-state index in [4.69, 9.17) is 16.1 Å². The number of aromatic amines is 1. The molecule has 0 amide bonds. The van der Waals surface area contributed by atoms with Crippen LogP contribution in [0, 0.1) is 0 Å². The lowest BCUT2D eigenvalue weighted by atomic mass is 10.1. The van der Waals surface area contributed by atoms with Crippen molar-refractivity contribution < 1.29 is 4.52 Å². The molecular formula is C18H14ClN5O2. The molecule has 1 unspecified atom stereocenters. The third kappa shape index (κ3) is 3.16. The summed E-state index contributed by atoms with van der Waals surface area (Å²) < 4.78 is 4.84. The minimum Gasteiger partial charge on any atom is -0.364 e. The van der Waals surface area contributed by atoms with Crippen LogP contribution in [0.15, 0.2) is 58.3 Å². The predicted molar refractivity (Wildman–Crippen MR) is 99.1 cm³/mol. The second kappa shape index (κ2) is 6.61. The number of nitrogens with one attached hydrogen (secondary N) is 2. The van der Waals surface area contributed by atoms with E-state index >= 15 is 0 Å². The van der Waals surface area contributed by atoms with Gasteiger partial charge in [-0.25, -0.2) is 9.97 Å². The number of fused-ring (bicyclic) bond motifs is 1. The van der Waals surface area contributed by atoms with Gasteiger partial charge in [-0.1, -0.05) is 16.8 Å². The molecule has 0 saturated heterocycles. The number of pyridine rings is 1. The third-order valence-electron chi connectivity index (χ3n) is 4.03.